The zero-order chi connectivity index (χ0) is 30.3. The molecule has 11 nitrogen and oxygen atoms in total. The zero-order valence-corrected chi connectivity index (χ0v) is 26.0. The monoisotopic (exact) mass is 603 g/mol. The number of likely N-dealkylation sites (tertiary alicyclic amines) is 1. The molecule has 11 heteroatoms. The third-order valence-corrected chi connectivity index (χ3v) is 9.09. The summed E-state index contributed by atoms with van der Waals surface area (Å²) in [6, 6.07) is 12.0. The number of benzene rings is 2. The van der Waals surface area contributed by atoms with Gasteiger partial charge in [0.05, 0.1) is 38.1 Å². The first-order valence-corrected chi connectivity index (χ1v) is 15.9. The van der Waals surface area contributed by atoms with Crippen LogP contribution in [0.1, 0.15) is 30.9 Å². The number of nitrogens with one attached hydrogen (secondary N) is 1. The van der Waals surface area contributed by atoms with Crippen LogP contribution in [0.25, 0.3) is 10.9 Å². The predicted octanol–water partition coefficient (Wildman–Crippen LogP) is 3.90. The predicted molar refractivity (Wildman–Crippen MR) is 172 cm³/mol. The first-order valence-electron chi connectivity index (χ1n) is 15.9. The van der Waals surface area contributed by atoms with E-state index in [0.717, 1.165) is 106 Å². The van der Waals surface area contributed by atoms with E-state index in [9.17, 15) is 4.79 Å². The van der Waals surface area contributed by atoms with E-state index >= 15 is 0 Å². The molecule has 0 bridgehead atoms. The highest BCUT2D eigenvalue weighted by atomic mass is 16.5. The molecular formula is C33H45N7O4. The summed E-state index contributed by atoms with van der Waals surface area (Å²) < 4.78 is 17.4. The molecule has 236 valence electrons. The molecule has 0 aliphatic carbocycles. The summed E-state index contributed by atoms with van der Waals surface area (Å²) in [6.45, 7) is 10.8. The second kappa shape index (κ2) is 14.4. The molecule has 3 aliphatic rings. The summed E-state index contributed by atoms with van der Waals surface area (Å²) in [5.41, 5.74) is 3.82. The SMILES string of the molecule is COc1cc2c(C3CCN(C(=O)Nc4ccc(N5CCOCC5)cc4)CC3)ncnc2cc1OCCCN1CCN(C)CC1. The van der Waals surface area contributed by atoms with Gasteiger partial charge in [0, 0.05) is 87.6 Å². The average molecular weight is 604 g/mol. The first kappa shape index (κ1) is 30.4. The number of likely N-dealkylation sites (N-methyl/N-ethyl adjacent to an activating group) is 1. The lowest BCUT2D eigenvalue weighted by Gasteiger charge is -2.32. The highest BCUT2D eigenvalue weighted by Gasteiger charge is 2.27. The van der Waals surface area contributed by atoms with Crippen molar-refractivity contribution in [2.24, 2.45) is 0 Å². The van der Waals surface area contributed by atoms with E-state index in [1.807, 2.05) is 29.2 Å². The number of carbonyl (C=O) groups is 1. The minimum absolute atomic E-state index is 0.0637. The van der Waals surface area contributed by atoms with E-state index in [2.05, 4.69) is 44.2 Å². The molecule has 6 rings (SSSR count). The number of anilines is 2. The number of piperazine rings is 1. The number of fused-ring (bicyclic) bond motifs is 1. The number of piperidine rings is 1. The molecule has 3 aliphatic heterocycles. The Kier molecular flexibility index (Phi) is 9.94. The second-order valence-electron chi connectivity index (χ2n) is 12.0. The van der Waals surface area contributed by atoms with Crippen molar-refractivity contribution in [2.45, 2.75) is 25.2 Å². The van der Waals surface area contributed by atoms with Gasteiger partial charge in [-0.05, 0) is 56.6 Å². The van der Waals surface area contributed by atoms with Crippen LogP contribution in [0.5, 0.6) is 11.5 Å². The van der Waals surface area contributed by atoms with Gasteiger partial charge in [-0.15, -0.1) is 0 Å². The highest BCUT2D eigenvalue weighted by molar-refractivity contribution is 5.90. The fourth-order valence-electron chi connectivity index (χ4n) is 6.36. The van der Waals surface area contributed by atoms with Gasteiger partial charge in [0.25, 0.3) is 0 Å². The Morgan fingerprint density at radius 1 is 0.955 bits per heavy atom. The number of carbonyl (C=O) groups excluding carboxylic acids is 1. The average Bonchev–Trinajstić information content (AvgIpc) is 3.07. The molecule has 3 fully saturated rings. The van der Waals surface area contributed by atoms with Gasteiger partial charge in [0.2, 0.25) is 0 Å². The van der Waals surface area contributed by atoms with Crippen LogP contribution < -0.4 is 19.7 Å². The molecule has 0 radical (unpaired) electrons. The number of hydrogen-bond acceptors (Lipinski definition) is 9. The molecule has 0 spiro atoms. The Hall–Kier alpha value is -3.67. The van der Waals surface area contributed by atoms with Crippen molar-refractivity contribution < 1.29 is 19.0 Å². The van der Waals surface area contributed by atoms with Crippen LogP contribution in [0.15, 0.2) is 42.7 Å². The molecule has 1 N–H and O–H groups in total. The van der Waals surface area contributed by atoms with Gasteiger partial charge in [-0.2, -0.15) is 0 Å². The molecule has 1 aromatic heterocycles. The molecule has 0 saturated carbocycles. The second-order valence-corrected chi connectivity index (χ2v) is 12.0. The number of morpholine rings is 1. The van der Waals surface area contributed by atoms with Gasteiger partial charge in [-0.1, -0.05) is 0 Å². The molecule has 44 heavy (non-hydrogen) atoms. The van der Waals surface area contributed by atoms with E-state index in [1.54, 1.807) is 13.4 Å². The number of urea groups is 1. The first-order chi connectivity index (χ1) is 21.6. The van der Waals surface area contributed by atoms with Crippen LogP contribution >= 0.6 is 0 Å². The summed E-state index contributed by atoms with van der Waals surface area (Å²) >= 11 is 0. The summed E-state index contributed by atoms with van der Waals surface area (Å²) in [6.07, 6.45) is 4.28. The van der Waals surface area contributed by atoms with Crippen molar-refractivity contribution in [3.05, 3.63) is 48.4 Å². The zero-order valence-electron chi connectivity index (χ0n) is 26.0. The van der Waals surface area contributed by atoms with Crippen molar-refractivity contribution >= 4 is 28.3 Å². The van der Waals surface area contributed by atoms with Gasteiger partial charge in [-0.25, -0.2) is 14.8 Å². The van der Waals surface area contributed by atoms with Gasteiger partial charge in [0.1, 0.15) is 6.33 Å². The third-order valence-electron chi connectivity index (χ3n) is 9.09. The van der Waals surface area contributed by atoms with E-state index in [4.69, 9.17) is 19.2 Å². The molecule has 0 unspecified atom stereocenters. The molecule has 0 atom stereocenters. The lowest BCUT2D eigenvalue weighted by molar-refractivity contribution is 0.122. The van der Waals surface area contributed by atoms with Gasteiger partial charge in [0.15, 0.2) is 11.5 Å². The minimum Gasteiger partial charge on any atom is -0.493 e. The van der Waals surface area contributed by atoms with Gasteiger partial charge >= 0.3 is 6.03 Å². The Morgan fingerprint density at radius 3 is 2.43 bits per heavy atom. The molecule has 2 amide bonds. The maximum absolute atomic E-state index is 13.1. The van der Waals surface area contributed by atoms with Crippen LogP contribution in [0.4, 0.5) is 16.2 Å². The van der Waals surface area contributed by atoms with Crippen molar-refractivity contribution in [3.8, 4) is 11.5 Å². The number of methoxy groups -OCH3 is 1. The van der Waals surface area contributed by atoms with Crippen LogP contribution in [0.3, 0.4) is 0 Å². The van der Waals surface area contributed by atoms with Gasteiger partial charge < -0.3 is 39.1 Å². The summed E-state index contributed by atoms with van der Waals surface area (Å²) in [4.78, 5) is 31.4. The number of rotatable bonds is 9. The quantitative estimate of drug-likeness (QED) is 0.366. The third kappa shape index (κ3) is 7.34. The maximum Gasteiger partial charge on any atom is 0.321 e. The van der Waals surface area contributed by atoms with Crippen LogP contribution in [0.2, 0.25) is 0 Å². The number of ether oxygens (including phenoxy) is 3. The maximum atomic E-state index is 13.1. The fraction of sp³-hybridized carbons (Fsp3) is 0.545. The van der Waals surface area contributed by atoms with Gasteiger partial charge in [-0.3, -0.25) is 0 Å². The fourth-order valence-corrected chi connectivity index (χ4v) is 6.36. The summed E-state index contributed by atoms with van der Waals surface area (Å²) in [5, 5.41) is 4.06. The minimum atomic E-state index is -0.0637. The number of aromatic nitrogens is 2. The molecule has 3 saturated heterocycles. The van der Waals surface area contributed by atoms with Crippen molar-refractivity contribution in [1.29, 1.82) is 0 Å². The number of nitrogens with zero attached hydrogens (tertiary/aromatic N) is 6. The van der Waals surface area contributed by atoms with Crippen molar-refractivity contribution in [2.75, 3.05) is 103 Å². The molecular weight excluding hydrogens is 558 g/mol. The highest BCUT2D eigenvalue weighted by Crippen LogP contribution is 2.37. The number of hydrogen-bond donors (Lipinski definition) is 1. The van der Waals surface area contributed by atoms with Crippen LogP contribution in [-0.4, -0.2) is 124 Å². The lowest BCUT2D eigenvalue weighted by atomic mass is 9.91. The Morgan fingerprint density at radius 2 is 1.70 bits per heavy atom. The number of amides is 2. The van der Waals surface area contributed by atoms with E-state index in [0.29, 0.717) is 31.2 Å². The van der Waals surface area contributed by atoms with Crippen LogP contribution in [-0.2, 0) is 4.74 Å². The normalized spacial score (nSPS) is 18.9. The Balaban J connectivity index is 1.03. The molecule has 2 aromatic carbocycles. The Labute approximate surface area is 260 Å². The lowest BCUT2D eigenvalue weighted by Crippen LogP contribution is -2.44. The van der Waals surface area contributed by atoms with Crippen molar-refractivity contribution in [1.82, 2.24) is 24.7 Å². The molecule has 3 aromatic rings. The summed E-state index contributed by atoms with van der Waals surface area (Å²) in [5.74, 6) is 1.65. The van der Waals surface area contributed by atoms with E-state index < -0.39 is 0 Å². The smallest absolute Gasteiger partial charge is 0.321 e. The van der Waals surface area contributed by atoms with Crippen LogP contribution in [0, 0.1) is 0 Å². The largest absolute Gasteiger partial charge is 0.493 e. The van der Waals surface area contributed by atoms with E-state index in [1.165, 1.54) is 0 Å². The van der Waals surface area contributed by atoms with Crippen molar-refractivity contribution in [3.63, 3.8) is 0 Å². The standard InChI is InChI=1S/C33H45N7O4/c1-37-13-15-38(16-14-37)10-3-19-44-31-23-29-28(22-30(31)42-2)32(35-24-34-29)25-8-11-40(12-9-25)33(41)36-26-4-6-27(7-5-26)39-17-20-43-21-18-39/h4-7,22-25H,3,8-21H2,1-2H3,(H,36,41). The van der Waals surface area contributed by atoms with E-state index in [-0.39, 0.29) is 11.9 Å². The summed E-state index contributed by atoms with van der Waals surface area (Å²) in [7, 11) is 3.85. The molecule has 4 heterocycles. The Bertz CT molecular complexity index is 1380. The topological polar surface area (TPSA) is 95.5 Å².